The highest BCUT2D eigenvalue weighted by Gasteiger charge is 2.14. The fraction of sp³-hybridized carbons (Fsp3) is 0. The number of anilines is 2. The van der Waals surface area contributed by atoms with Crippen LogP contribution in [0.2, 0.25) is 0 Å². The van der Waals surface area contributed by atoms with E-state index in [-0.39, 0.29) is 10.3 Å². The lowest BCUT2D eigenvalue weighted by Crippen LogP contribution is -2.11. The zero-order valence-corrected chi connectivity index (χ0v) is 10.2. The molecule has 0 aliphatic heterocycles. The van der Waals surface area contributed by atoms with Crippen LogP contribution in [0.5, 0.6) is 0 Å². The van der Waals surface area contributed by atoms with Gasteiger partial charge in [0, 0.05) is 12.1 Å². The van der Waals surface area contributed by atoms with E-state index >= 15 is 0 Å². The van der Waals surface area contributed by atoms with Crippen molar-refractivity contribution in [3.05, 3.63) is 50.7 Å². The highest BCUT2D eigenvalue weighted by atomic mass is 79.9. The summed E-state index contributed by atoms with van der Waals surface area (Å²) in [5.41, 5.74) is -1.11. The number of rotatable bonds is 2. The number of H-pyrrole nitrogens is 1. The molecule has 0 fully saturated rings. The van der Waals surface area contributed by atoms with Gasteiger partial charge in [-0.05, 0) is 15.9 Å². The fourth-order valence-corrected chi connectivity index (χ4v) is 1.57. The fourth-order valence-electron chi connectivity index (χ4n) is 1.25. The molecule has 2 aromatic rings. The molecule has 0 radical (unpaired) electrons. The van der Waals surface area contributed by atoms with Crippen molar-refractivity contribution in [3.63, 3.8) is 0 Å². The van der Waals surface area contributed by atoms with E-state index in [0.29, 0.717) is 12.1 Å². The minimum absolute atomic E-state index is 0.0203. The Kier molecular flexibility index (Phi) is 3.37. The molecule has 1 aromatic heterocycles. The lowest BCUT2D eigenvalue weighted by atomic mass is 10.2. The summed E-state index contributed by atoms with van der Waals surface area (Å²) >= 11 is 2.91. The SMILES string of the molecule is O=c1[nH]cnc(Nc2c(F)cc(F)cc2F)c1Br. The normalized spacial score (nSPS) is 10.4. The average Bonchev–Trinajstić information content (AvgIpc) is 2.28. The molecule has 18 heavy (non-hydrogen) atoms. The number of nitrogens with one attached hydrogen (secondary N) is 2. The molecule has 4 nitrogen and oxygen atoms in total. The van der Waals surface area contributed by atoms with Crippen LogP contribution in [0.15, 0.2) is 27.7 Å². The lowest BCUT2D eigenvalue weighted by Gasteiger charge is -2.08. The molecule has 0 aliphatic carbocycles. The predicted octanol–water partition coefficient (Wildman–Crippen LogP) is 2.69. The zero-order valence-electron chi connectivity index (χ0n) is 8.60. The summed E-state index contributed by atoms with van der Waals surface area (Å²) in [4.78, 5) is 17.2. The Hall–Kier alpha value is -1.83. The first-order valence-electron chi connectivity index (χ1n) is 4.64. The Morgan fingerprint density at radius 2 is 1.83 bits per heavy atom. The second kappa shape index (κ2) is 4.81. The first-order valence-corrected chi connectivity index (χ1v) is 5.43. The van der Waals surface area contributed by atoms with Crippen LogP contribution in [0.4, 0.5) is 24.7 Å². The Morgan fingerprint density at radius 3 is 2.44 bits per heavy atom. The van der Waals surface area contributed by atoms with Crippen LogP contribution < -0.4 is 10.9 Å². The molecule has 0 spiro atoms. The molecule has 0 saturated carbocycles. The summed E-state index contributed by atoms with van der Waals surface area (Å²) in [6.45, 7) is 0. The van der Waals surface area contributed by atoms with E-state index in [2.05, 4.69) is 31.2 Å². The minimum atomic E-state index is -1.12. The smallest absolute Gasteiger partial charge is 0.267 e. The van der Waals surface area contributed by atoms with Crippen molar-refractivity contribution in [2.45, 2.75) is 0 Å². The van der Waals surface area contributed by atoms with Crippen molar-refractivity contribution < 1.29 is 13.2 Å². The maximum absolute atomic E-state index is 13.4. The van der Waals surface area contributed by atoms with Crippen molar-refractivity contribution in [1.29, 1.82) is 0 Å². The highest BCUT2D eigenvalue weighted by molar-refractivity contribution is 9.10. The Labute approximate surface area is 107 Å². The van der Waals surface area contributed by atoms with Crippen molar-refractivity contribution in [2.24, 2.45) is 0 Å². The van der Waals surface area contributed by atoms with Gasteiger partial charge in [-0.2, -0.15) is 0 Å². The van der Waals surface area contributed by atoms with Crippen molar-refractivity contribution in [2.75, 3.05) is 5.32 Å². The Morgan fingerprint density at radius 1 is 1.22 bits per heavy atom. The zero-order chi connectivity index (χ0) is 13.3. The van der Waals surface area contributed by atoms with Crippen molar-refractivity contribution >= 4 is 27.4 Å². The average molecular weight is 320 g/mol. The maximum atomic E-state index is 13.4. The summed E-state index contributed by atoms with van der Waals surface area (Å²) in [6, 6.07) is 1.04. The van der Waals surface area contributed by atoms with Gasteiger partial charge in [-0.3, -0.25) is 4.79 Å². The van der Waals surface area contributed by atoms with Crippen LogP contribution in [-0.4, -0.2) is 9.97 Å². The molecule has 1 heterocycles. The molecule has 0 atom stereocenters. The number of aromatic amines is 1. The van der Waals surface area contributed by atoms with Crippen LogP contribution in [0.3, 0.4) is 0 Å². The summed E-state index contributed by atoms with van der Waals surface area (Å²) in [5.74, 6) is -3.36. The van der Waals surface area contributed by atoms with Crippen LogP contribution >= 0.6 is 15.9 Å². The molecular formula is C10H5BrF3N3O. The molecule has 0 aliphatic rings. The molecule has 0 unspecified atom stereocenters. The monoisotopic (exact) mass is 319 g/mol. The van der Waals surface area contributed by atoms with Crippen LogP contribution in [0, 0.1) is 17.5 Å². The molecular weight excluding hydrogens is 315 g/mol. The molecule has 2 rings (SSSR count). The first-order chi connectivity index (χ1) is 8.49. The number of halogens is 4. The number of nitrogens with zero attached hydrogens (tertiary/aromatic N) is 1. The summed E-state index contributed by atoms with van der Waals surface area (Å²) < 4.78 is 39.4. The van der Waals surface area contributed by atoms with Gasteiger partial charge >= 0.3 is 0 Å². The lowest BCUT2D eigenvalue weighted by molar-refractivity contribution is 0.548. The minimum Gasteiger partial charge on any atom is -0.334 e. The number of hydrogen-bond acceptors (Lipinski definition) is 3. The third-order valence-electron chi connectivity index (χ3n) is 2.05. The number of hydrogen-bond donors (Lipinski definition) is 2. The topological polar surface area (TPSA) is 57.8 Å². The molecule has 94 valence electrons. The standard InChI is InChI=1S/C10H5BrF3N3O/c11-7-9(15-3-16-10(7)18)17-8-5(13)1-4(12)2-6(8)14/h1-3H,(H2,15,16,17,18). The summed E-state index contributed by atoms with van der Waals surface area (Å²) in [5, 5.41) is 2.28. The van der Waals surface area contributed by atoms with Gasteiger partial charge in [-0.15, -0.1) is 0 Å². The van der Waals surface area contributed by atoms with Crippen LogP contribution in [0.25, 0.3) is 0 Å². The Balaban J connectivity index is 2.47. The van der Waals surface area contributed by atoms with Gasteiger partial charge in [0.25, 0.3) is 5.56 Å². The molecule has 1 aromatic carbocycles. The van der Waals surface area contributed by atoms with Gasteiger partial charge in [0.15, 0.2) is 17.5 Å². The summed E-state index contributed by atoms with van der Waals surface area (Å²) in [7, 11) is 0. The van der Waals surface area contributed by atoms with E-state index in [4.69, 9.17) is 0 Å². The predicted molar refractivity (Wildman–Crippen MR) is 62.2 cm³/mol. The van der Waals surface area contributed by atoms with Gasteiger partial charge in [-0.25, -0.2) is 18.2 Å². The second-order valence-corrected chi connectivity index (χ2v) is 4.06. The molecule has 0 amide bonds. The van der Waals surface area contributed by atoms with E-state index in [1.165, 1.54) is 0 Å². The summed E-state index contributed by atoms with van der Waals surface area (Å²) in [6.07, 6.45) is 1.06. The second-order valence-electron chi connectivity index (χ2n) is 3.26. The van der Waals surface area contributed by atoms with E-state index < -0.39 is 28.7 Å². The van der Waals surface area contributed by atoms with E-state index in [0.717, 1.165) is 6.33 Å². The van der Waals surface area contributed by atoms with Crippen molar-refractivity contribution in [3.8, 4) is 0 Å². The van der Waals surface area contributed by atoms with E-state index in [9.17, 15) is 18.0 Å². The quantitative estimate of drug-likeness (QED) is 0.894. The molecule has 2 N–H and O–H groups in total. The van der Waals surface area contributed by atoms with Crippen molar-refractivity contribution in [1.82, 2.24) is 9.97 Å². The molecule has 8 heteroatoms. The number of benzene rings is 1. The maximum Gasteiger partial charge on any atom is 0.267 e. The van der Waals surface area contributed by atoms with Gasteiger partial charge in [0.1, 0.15) is 16.0 Å². The van der Waals surface area contributed by atoms with Gasteiger partial charge in [0.05, 0.1) is 6.33 Å². The Bertz CT molecular complexity index is 636. The largest absolute Gasteiger partial charge is 0.334 e. The molecule has 0 bridgehead atoms. The van der Waals surface area contributed by atoms with Crippen LogP contribution in [0.1, 0.15) is 0 Å². The number of aromatic nitrogens is 2. The van der Waals surface area contributed by atoms with Gasteiger partial charge < -0.3 is 10.3 Å². The third kappa shape index (κ3) is 2.37. The van der Waals surface area contributed by atoms with E-state index in [1.54, 1.807) is 0 Å². The molecule has 0 saturated heterocycles. The van der Waals surface area contributed by atoms with E-state index in [1.807, 2.05) is 0 Å². The van der Waals surface area contributed by atoms with Gasteiger partial charge in [0.2, 0.25) is 0 Å². The third-order valence-corrected chi connectivity index (χ3v) is 2.78. The first kappa shape index (κ1) is 12.6. The highest BCUT2D eigenvalue weighted by Crippen LogP contribution is 2.25. The van der Waals surface area contributed by atoms with Gasteiger partial charge in [-0.1, -0.05) is 0 Å². The van der Waals surface area contributed by atoms with Crippen LogP contribution in [-0.2, 0) is 0 Å².